The van der Waals surface area contributed by atoms with E-state index in [9.17, 15) is 0 Å². The second-order valence-electron chi connectivity index (χ2n) is 6.62. The third kappa shape index (κ3) is 3.41. The Balaban J connectivity index is 1.53. The van der Waals surface area contributed by atoms with Crippen molar-refractivity contribution in [3.8, 4) is 11.1 Å². The van der Waals surface area contributed by atoms with Gasteiger partial charge in [-0.1, -0.05) is 37.3 Å². The first-order valence-electron chi connectivity index (χ1n) is 9.06. The van der Waals surface area contributed by atoms with Crippen molar-refractivity contribution in [1.29, 1.82) is 0 Å². The first kappa shape index (κ1) is 16.2. The molecule has 1 aliphatic heterocycles. The normalized spacial score (nSPS) is 18.2. The number of nitrogens with zero attached hydrogens (tertiary/aromatic N) is 5. The molecule has 130 valence electrons. The van der Waals surface area contributed by atoms with E-state index < -0.39 is 0 Å². The van der Waals surface area contributed by atoms with Crippen LogP contribution in [0.15, 0.2) is 42.6 Å². The molecule has 1 fully saturated rings. The van der Waals surface area contributed by atoms with Gasteiger partial charge in [-0.3, -0.25) is 4.90 Å². The molecule has 1 saturated heterocycles. The van der Waals surface area contributed by atoms with Crippen molar-refractivity contribution >= 4 is 5.65 Å². The Morgan fingerprint density at radius 3 is 2.92 bits per heavy atom. The van der Waals surface area contributed by atoms with Gasteiger partial charge in [0.15, 0.2) is 5.65 Å². The van der Waals surface area contributed by atoms with E-state index in [0.717, 1.165) is 36.4 Å². The lowest BCUT2D eigenvalue weighted by Gasteiger charge is -2.23. The van der Waals surface area contributed by atoms with Gasteiger partial charge >= 0.3 is 0 Å². The minimum atomic E-state index is 0.648. The molecule has 0 radical (unpaired) electrons. The molecular weight excluding hydrogens is 312 g/mol. The van der Waals surface area contributed by atoms with Crippen molar-refractivity contribution in [2.45, 2.75) is 32.4 Å². The Kier molecular flexibility index (Phi) is 4.72. The second kappa shape index (κ2) is 7.29. The average Bonchev–Trinajstić information content (AvgIpc) is 3.31. The van der Waals surface area contributed by atoms with Crippen LogP contribution in [0, 0.1) is 0 Å². The van der Waals surface area contributed by atoms with Crippen molar-refractivity contribution in [3.05, 3.63) is 48.2 Å². The summed E-state index contributed by atoms with van der Waals surface area (Å²) in [6.45, 7) is 6.39. The lowest BCUT2D eigenvalue weighted by atomic mass is 10.1. The Bertz CT molecular complexity index is 828. The molecule has 0 amide bonds. The van der Waals surface area contributed by atoms with E-state index in [0.29, 0.717) is 6.04 Å². The van der Waals surface area contributed by atoms with E-state index in [2.05, 4.69) is 63.0 Å². The number of nitrogens with one attached hydrogen (secondary N) is 1. The maximum absolute atomic E-state index is 4.19. The van der Waals surface area contributed by atoms with Crippen LogP contribution in [0.3, 0.4) is 0 Å². The summed E-state index contributed by atoms with van der Waals surface area (Å²) in [5.74, 6) is 0. The van der Waals surface area contributed by atoms with Crippen LogP contribution in [-0.4, -0.2) is 50.6 Å². The molecule has 25 heavy (non-hydrogen) atoms. The highest BCUT2D eigenvalue weighted by atomic mass is 15.5. The molecule has 4 rings (SSSR count). The molecule has 2 aromatic heterocycles. The summed E-state index contributed by atoms with van der Waals surface area (Å²) in [6, 6.07) is 13.2. The predicted octanol–water partition coefficient (Wildman–Crippen LogP) is 2.37. The second-order valence-corrected chi connectivity index (χ2v) is 6.62. The number of tetrazole rings is 1. The standard InChI is InChI=1S/C19H24N6/c1-2-24-10-6-9-18(24)13-20-12-16-11-17(15-7-4-3-5-8-15)14-25-19(16)21-22-23-25/h3-5,7-8,11,14,18,20H,2,6,9-10,12-13H2,1H3. The third-order valence-electron chi connectivity index (χ3n) is 5.08. The first-order chi connectivity index (χ1) is 12.3. The maximum atomic E-state index is 4.19. The molecule has 3 heterocycles. The van der Waals surface area contributed by atoms with Gasteiger partial charge in [-0.15, -0.1) is 5.10 Å². The van der Waals surface area contributed by atoms with Crippen molar-refractivity contribution in [2.75, 3.05) is 19.6 Å². The van der Waals surface area contributed by atoms with Crippen LogP contribution in [0.2, 0.25) is 0 Å². The van der Waals surface area contributed by atoms with Crippen molar-refractivity contribution < 1.29 is 0 Å². The minimum absolute atomic E-state index is 0.648. The van der Waals surface area contributed by atoms with Crippen LogP contribution in [-0.2, 0) is 6.54 Å². The molecule has 0 aliphatic carbocycles. The van der Waals surface area contributed by atoms with E-state index >= 15 is 0 Å². The van der Waals surface area contributed by atoms with E-state index in [1.54, 1.807) is 4.52 Å². The van der Waals surface area contributed by atoms with Gasteiger partial charge in [0.05, 0.1) is 0 Å². The van der Waals surface area contributed by atoms with Crippen LogP contribution >= 0.6 is 0 Å². The Hall–Kier alpha value is -2.31. The molecular formula is C19H24N6. The highest BCUT2D eigenvalue weighted by Crippen LogP contribution is 2.22. The third-order valence-corrected chi connectivity index (χ3v) is 5.08. The van der Waals surface area contributed by atoms with Gasteiger partial charge in [-0.2, -0.15) is 4.52 Å². The van der Waals surface area contributed by atoms with Gasteiger partial charge in [0.2, 0.25) is 0 Å². The molecule has 1 aromatic carbocycles. The lowest BCUT2D eigenvalue weighted by molar-refractivity contribution is 0.260. The van der Waals surface area contributed by atoms with E-state index in [4.69, 9.17) is 0 Å². The molecule has 1 atom stereocenters. The zero-order valence-corrected chi connectivity index (χ0v) is 14.6. The number of likely N-dealkylation sites (N-methyl/N-ethyl adjacent to an activating group) is 1. The van der Waals surface area contributed by atoms with Gasteiger partial charge in [0, 0.05) is 36.5 Å². The summed E-state index contributed by atoms with van der Waals surface area (Å²) < 4.78 is 1.77. The number of likely N-dealkylation sites (tertiary alicyclic amines) is 1. The first-order valence-corrected chi connectivity index (χ1v) is 9.06. The lowest BCUT2D eigenvalue weighted by Crippen LogP contribution is -2.37. The Morgan fingerprint density at radius 2 is 2.08 bits per heavy atom. The largest absolute Gasteiger partial charge is 0.311 e. The van der Waals surface area contributed by atoms with Gasteiger partial charge < -0.3 is 5.32 Å². The fourth-order valence-electron chi connectivity index (χ4n) is 3.75. The number of pyridine rings is 1. The average molecular weight is 336 g/mol. The fourth-order valence-corrected chi connectivity index (χ4v) is 3.75. The molecule has 0 bridgehead atoms. The minimum Gasteiger partial charge on any atom is -0.311 e. The molecule has 1 N–H and O–H groups in total. The van der Waals surface area contributed by atoms with Crippen molar-refractivity contribution in [1.82, 2.24) is 30.3 Å². The number of hydrogen-bond donors (Lipinski definition) is 1. The summed E-state index contributed by atoms with van der Waals surface area (Å²) in [5, 5.41) is 15.7. The number of hydrogen-bond acceptors (Lipinski definition) is 5. The molecule has 0 saturated carbocycles. The number of benzene rings is 1. The molecule has 3 aromatic rings. The summed E-state index contributed by atoms with van der Waals surface area (Å²) in [6.07, 6.45) is 4.58. The maximum Gasteiger partial charge on any atom is 0.183 e. The van der Waals surface area contributed by atoms with Crippen molar-refractivity contribution in [2.24, 2.45) is 0 Å². The summed E-state index contributed by atoms with van der Waals surface area (Å²) in [7, 11) is 0. The quantitative estimate of drug-likeness (QED) is 0.749. The Labute approximate surface area is 147 Å². The van der Waals surface area contributed by atoms with Crippen molar-refractivity contribution in [3.63, 3.8) is 0 Å². The van der Waals surface area contributed by atoms with E-state index in [1.807, 2.05) is 12.3 Å². The predicted molar refractivity (Wildman–Crippen MR) is 98.2 cm³/mol. The van der Waals surface area contributed by atoms with Crippen LogP contribution in [0.1, 0.15) is 25.3 Å². The van der Waals surface area contributed by atoms with Gasteiger partial charge in [0.1, 0.15) is 0 Å². The van der Waals surface area contributed by atoms with Gasteiger partial charge in [-0.25, -0.2) is 0 Å². The molecule has 6 nitrogen and oxygen atoms in total. The SMILES string of the molecule is CCN1CCCC1CNCc1cc(-c2ccccc2)cn2nnnc12. The van der Waals surface area contributed by atoms with Gasteiger partial charge in [0.25, 0.3) is 0 Å². The highest BCUT2D eigenvalue weighted by Gasteiger charge is 2.22. The van der Waals surface area contributed by atoms with Crippen LogP contribution in [0.25, 0.3) is 16.8 Å². The Morgan fingerprint density at radius 1 is 1.20 bits per heavy atom. The number of fused-ring (bicyclic) bond motifs is 1. The van der Waals surface area contributed by atoms with Gasteiger partial charge in [-0.05, 0) is 48.0 Å². The molecule has 0 spiro atoms. The summed E-state index contributed by atoms with van der Waals surface area (Å²) >= 11 is 0. The zero-order valence-electron chi connectivity index (χ0n) is 14.6. The van der Waals surface area contributed by atoms with E-state index in [1.165, 1.54) is 24.9 Å². The fraction of sp³-hybridized carbons (Fsp3) is 0.421. The number of rotatable bonds is 6. The van der Waals surface area contributed by atoms with E-state index in [-0.39, 0.29) is 0 Å². The molecule has 1 aliphatic rings. The monoisotopic (exact) mass is 336 g/mol. The van der Waals surface area contributed by atoms with Crippen LogP contribution in [0.4, 0.5) is 0 Å². The van der Waals surface area contributed by atoms with Crippen LogP contribution in [0.5, 0.6) is 0 Å². The van der Waals surface area contributed by atoms with Crippen LogP contribution < -0.4 is 5.32 Å². The smallest absolute Gasteiger partial charge is 0.183 e. The topological polar surface area (TPSA) is 58.4 Å². The molecule has 6 heteroatoms. The highest BCUT2D eigenvalue weighted by molar-refractivity contribution is 5.66. The summed E-state index contributed by atoms with van der Waals surface area (Å²) in [4.78, 5) is 2.56. The number of aromatic nitrogens is 4. The summed E-state index contributed by atoms with van der Waals surface area (Å²) in [5.41, 5.74) is 4.26. The molecule has 1 unspecified atom stereocenters. The zero-order chi connectivity index (χ0) is 17.1.